The standard InChI is InChI=1S/C16H24FNO/c17-15-3-1-2-14(12-15)9-11-18-10-8-13-4-6-16(19)7-5-13/h1-3,12-13,16,18-19H,4-11H2. The Morgan fingerprint density at radius 3 is 2.68 bits per heavy atom. The normalized spacial score (nSPS) is 23.5. The van der Waals surface area contributed by atoms with Crippen LogP contribution in [0.25, 0.3) is 0 Å². The highest BCUT2D eigenvalue weighted by molar-refractivity contribution is 5.16. The molecule has 0 amide bonds. The number of hydrogen-bond donors (Lipinski definition) is 2. The zero-order valence-electron chi connectivity index (χ0n) is 11.4. The first-order chi connectivity index (χ1) is 9.24. The van der Waals surface area contributed by atoms with Gasteiger partial charge in [0.25, 0.3) is 0 Å². The molecule has 0 radical (unpaired) electrons. The van der Waals surface area contributed by atoms with E-state index in [0.29, 0.717) is 0 Å². The molecule has 0 saturated heterocycles. The van der Waals surface area contributed by atoms with Crippen molar-refractivity contribution in [1.29, 1.82) is 0 Å². The molecule has 0 unspecified atom stereocenters. The van der Waals surface area contributed by atoms with Gasteiger partial charge in [-0.2, -0.15) is 0 Å². The maximum atomic E-state index is 13.0. The average Bonchev–Trinajstić information content (AvgIpc) is 2.41. The molecule has 0 aromatic heterocycles. The van der Waals surface area contributed by atoms with Crippen LogP contribution >= 0.6 is 0 Å². The molecule has 0 atom stereocenters. The largest absolute Gasteiger partial charge is 0.393 e. The minimum atomic E-state index is -0.154. The summed E-state index contributed by atoms with van der Waals surface area (Å²) in [4.78, 5) is 0. The lowest BCUT2D eigenvalue weighted by Gasteiger charge is -2.25. The number of aliphatic hydroxyl groups excluding tert-OH is 1. The van der Waals surface area contributed by atoms with Gasteiger partial charge in [0.2, 0.25) is 0 Å². The van der Waals surface area contributed by atoms with Crippen LogP contribution in [0.1, 0.15) is 37.7 Å². The van der Waals surface area contributed by atoms with Crippen molar-refractivity contribution in [1.82, 2.24) is 5.32 Å². The maximum Gasteiger partial charge on any atom is 0.123 e. The summed E-state index contributed by atoms with van der Waals surface area (Å²) < 4.78 is 13.0. The number of hydrogen-bond acceptors (Lipinski definition) is 2. The van der Waals surface area contributed by atoms with Crippen molar-refractivity contribution in [3.8, 4) is 0 Å². The molecule has 1 fully saturated rings. The summed E-state index contributed by atoms with van der Waals surface area (Å²) in [5, 5.41) is 12.9. The molecule has 1 saturated carbocycles. The number of aliphatic hydroxyl groups is 1. The molecule has 0 spiro atoms. The summed E-state index contributed by atoms with van der Waals surface area (Å²) in [6, 6.07) is 6.81. The molecular weight excluding hydrogens is 241 g/mol. The lowest BCUT2D eigenvalue weighted by molar-refractivity contribution is 0.106. The van der Waals surface area contributed by atoms with Crippen molar-refractivity contribution in [3.05, 3.63) is 35.6 Å². The topological polar surface area (TPSA) is 32.3 Å². The van der Waals surface area contributed by atoms with E-state index < -0.39 is 0 Å². The SMILES string of the molecule is OC1CCC(CCNCCc2cccc(F)c2)CC1. The van der Waals surface area contributed by atoms with Crippen LogP contribution in [0, 0.1) is 11.7 Å². The van der Waals surface area contributed by atoms with Gasteiger partial charge in [-0.15, -0.1) is 0 Å². The van der Waals surface area contributed by atoms with Crippen LogP contribution in [-0.4, -0.2) is 24.3 Å². The molecule has 3 heteroatoms. The summed E-state index contributed by atoms with van der Waals surface area (Å²) in [6.07, 6.45) is 6.26. The van der Waals surface area contributed by atoms with E-state index in [-0.39, 0.29) is 11.9 Å². The van der Waals surface area contributed by atoms with Gasteiger partial charge in [0.15, 0.2) is 0 Å². The van der Waals surface area contributed by atoms with E-state index in [1.165, 1.54) is 12.5 Å². The summed E-state index contributed by atoms with van der Waals surface area (Å²) in [5.74, 6) is 0.614. The Balaban J connectivity index is 1.55. The smallest absolute Gasteiger partial charge is 0.123 e. The zero-order chi connectivity index (χ0) is 13.5. The van der Waals surface area contributed by atoms with Crippen molar-refractivity contribution >= 4 is 0 Å². The molecule has 2 rings (SSSR count). The first-order valence-electron chi connectivity index (χ1n) is 7.37. The van der Waals surface area contributed by atoms with Crippen LogP contribution in [0.3, 0.4) is 0 Å². The molecule has 0 aliphatic heterocycles. The molecule has 2 N–H and O–H groups in total. The fourth-order valence-corrected chi connectivity index (χ4v) is 2.79. The molecule has 19 heavy (non-hydrogen) atoms. The van der Waals surface area contributed by atoms with E-state index in [2.05, 4.69) is 5.32 Å². The van der Waals surface area contributed by atoms with Gasteiger partial charge in [0, 0.05) is 0 Å². The van der Waals surface area contributed by atoms with Crippen molar-refractivity contribution in [2.24, 2.45) is 5.92 Å². The highest BCUT2D eigenvalue weighted by atomic mass is 19.1. The molecule has 0 bridgehead atoms. The van der Waals surface area contributed by atoms with E-state index in [4.69, 9.17) is 0 Å². The summed E-state index contributed by atoms with van der Waals surface area (Å²) in [6.45, 7) is 1.93. The molecule has 106 valence electrons. The third-order valence-electron chi connectivity index (χ3n) is 4.03. The third-order valence-corrected chi connectivity index (χ3v) is 4.03. The maximum absolute atomic E-state index is 13.0. The Morgan fingerprint density at radius 2 is 1.95 bits per heavy atom. The zero-order valence-corrected chi connectivity index (χ0v) is 11.4. The van der Waals surface area contributed by atoms with Gasteiger partial charge < -0.3 is 10.4 Å². The molecular formula is C16H24FNO. The van der Waals surface area contributed by atoms with E-state index in [1.54, 1.807) is 12.1 Å². The molecule has 1 aliphatic rings. The fraction of sp³-hybridized carbons (Fsp3) is 0.625. The van der Waals surface area contributed by atoms with Crippen LogP contribution in [-0.2, 0) is 6.42 Å². The van der Waals surface area contributed by atoms with Gasteiger partial charge in [-0.05, 0) is 75.2 Å². The second-order valence-electron chi connectivity index (χ2n) is 5.59. The van der Waals surface area contributed by atoms with Crippen molar-refractivity contribution in [2.45, 2.75) is 44.6 Å². The van der Waals surface area contributed by atoms with E-state index in [9.17, 15) is 9.50 Å². The summed E-state index contributed by atoms with van der Waals surface area (Å²) in [5.41, 5.74) is 1.05. The van der Waals surface area contributed by atoms with Gasteiger partial charge in [-0.25, -0.2) is 4.39 Å². The van der Waals surface area contributed by atoms with Crippen LogP contribution in [0.2, 0.25) is 0 Å². The predicted octanol–water partition coefficient (Wildman–Crippen LogP) is 2.90. The first-order valence-corrected chi connectivity index (χ1v) is 7.37. The molecule has 0 heterocycles. The monoisotopic (exact) mass is 265 g/mol. The number of rotatable bonds is 6. The van der Waals surface area contributed by atoms with E-state index >= 15 is 0 Å². The van der Waals surface area contributed by atoms with Crippen molar-refractivity contribution in [2.75, 3.05) is 13.1 Å². The first kappa shape index (κ1) is 14.5. The van der Waals surface area contributed by atoms with Crippen LogP contribution in [0.4, 0.5) is 4.39 Å². The second kappa shape index (κ2) is 7.61. The van der Waals surface area contributed by atoms with E-state index in [1.807, 2.05) is 6.07 Å². The lowest BCUT2D eigenvalue weighted by atomic mass is 9.85. The predicted molar refractivity (Wildman–Crippen MR) is 75.6 cm³/mol. The quantitative estimate of drug-likeness (QED) is 0.775. The summed E-state index contributed by atoms with van der Waals surface area (Å²) >= 11 is 0. The number of nitrogens with one attached hydrogen (secondary N) is 1. The van der Waals surface area contributed by atoms with Crippen LogP contribution < -0.4 is 5.32 Å². The Morgan fingerprint density at radius 1 is 1.16 bits per heavy atom. The van der Waals surface area contributed by atoms with Gasteiger partial charge >= 0.3 is 0 Å². The second-order valence-corrected chi connectivity index (χ2v) is 5.59. The molecule has 1 aromatic carbocycles. The van der Waals surface area contributed by atoms with Gasteiger partial charge in [-0.3, -0.25) is 0 Å². The van der Waals surface area contributed by atoms with Gasteiger partial charge in [0.1, 0.15) is 5.82 Å². The Bertz CT molecular complexity index is 375. The van der Waals surface area contributed by atoms with Crippen molar-refractivity contribution in [3.63, 3.8) is 0 Å². The summed E-state index contributed by atoms with van der Waals surface area (Å²) in [7, 11) is 0. The fourth-order valence-electron chi connectivity index (χ4n) is 2.79. The van der Waals surface area contributed by atoms with E-state index in [0.717, 1.165) is 56.7 Å². The Labute approximate surface area is 115 Å². The molecule has 1 aromatic rings. The van der Waals surface area contributed by atoms with Gasteiger partial charge in [-0.1, -0.05) is 12.1 Å². The molecule has 2 nitrogen and oxygen atoms in total. The van der Waals surface area contributed by atoms with Crippen LogP contribution in [0.15, 0.2) is 24.3 Å². The minimum absolute atomic E-state index is 0.0582. The van der Waals surface area contributed by atoms with Crippen LogP contribution in [0.5, 0.6) is 0 Å². The van der Waals surface area contributed by atoms with Crippen molar-refractivity contribution < 1.29 is 9.50 Å². The number of benzene rings is 1. The highest BCUT2D eigenvalue weighted by Gasteiger charge is 2.18. The average molecular weight is 265 g/mol. The molecule has 1 aliphatic carbocycles. The van der Waals surface area contributed by atoms with Gasteiger partial charge in [0.05, 0.1) is 6.10 Å². The number of halogens is 1. The minimum Gasteiger partial charge on any atom is -0.393 e. The Hall–Kier alpha value is -0.930. The highest BCUT2D eigenvalue weighted by Crippen LogP contribution is 2.26. The lowest BCUT2D eigenvalue weighted by Crippen LogP contribution is -2.24. The third kappa shape index (κ3) is 5.29. The Kier molecular flexibility index (Phi) is 5.80.